The second kappa shape index (κ2) is 4.93. The van der Waals surface area contributed by atoms with E-state index in [0.29, 0.717) is 0 Å². The van der Waals surface area contributed by atoms with E-state index in [1.165, 1.54) is 0 Å². The number of hydrogen-bond acceptors (Lipinski definition) is 2. The lowest BCUT2D eigenvalue weighted by atomic mass is 10.0. The van der Waals surface area contributed by atoms with Crippen molar-refractivity contribution in [2.45, 2.75) is 13.0 Å². The first-order valence-electron chi connectivity index (χ1n) is 5.04. The van der Waals surface area contributed by atoms with Gasteiger partial charge in [0.1, 0.15) is 9.80 Å². The fourth-order valence-electron chi connectivity index (χ4n) is 1.65. The normalized spacial score (nSPS) is 12.4. The maximum atomic E-state index is 10.2. The second-order valence-corrected chi connectivity index (χ2v) is 4.73. The maximum absolute atomic E-state index is 10.2. The molecule has 1 N–H and O–H groups in total. The Hall–Kier alpha value is -0.940. The third kappa shape index (κ3) is 2.41. The average Bonchev–Trinajstić information content (AvgIpc) is 2.29. The smallest absolute Gasteiger partial charge is 0.106 e. The molecule has 2 aromatic rings. The van der Waals surface area contributed by atoms with Gasteiger partial charge in [-0.25, -0.2) is 4.98 Å². The van der Waals surface area contributed by atoms with Crippen LogP contribution >= 0.6 is 22.6 Å². The number of halogens is 1. The molecule has 1 heterocycles. The molecule has 0 spiro atoms. The molecule has 0 bridgehead atoms. The summed E-state index contributed by atoms with van der Waals surface area (Å²) < 4.78 is 0.944. The molecular weight excluding hydrogens is 313 g/mol. The van der Waals surface area contributed by atoms with Crippen molar-refractivity contribution in [2.24, 2.45) is 0 Å². The van der Waals surface area contributed by atoms with E-state index in [9.17, 15) is 5.11 Å². The van der Waals surface area contributed by atoms with Crippen LogP contribution in [0.3, 0.4) is 0 Å². The Kier molecular flexibility index (Phi) is 3.56. The molecule has 0 fully saturated rings. The van der Waals surface area contributed by atoms with Crippen molar-refractivity contribution < 1.29 is 5.11 Å². The minimum absolute atomic E-state index is 0.592. The summed E-state index contributed by atoms with van der Waals surface area (Å²) in [6.45, 7) is 1.92. The van der Waals surface area contributed by atoms with E-state index in [4.69, 9.17) is 0 Å². The molecule has 0 aliphatic heterocycles. The van der Waals surface area contributed by atoms with Crippen molar-refractivity contribution in [1.29, 1.82) is 0 Å². The Morgan fingerprint density at radius 3 is 2.44 bits per heavy atom. The second-order valence-electron chi connectivity index (χ2n) is 3.62. The Morgan fingerprint density at radius 2 is 1.81 bits per heavy atom. The molecule has 82 valence electrons. The van der Waals surface area contributed by atoms with Gasteiger partial charge in [-0.1, -0.05) is 36.4 Å². The van der Waals surface area contributed by atoms with E-state index in [2.05, 4.69) is 27.6 Å². The van der Waals surface area contributed by atoms with Crippen LogP contribution in [0.15, 0.2) is 42.5 Å². The topological polar surface area (TPSA) is 33.1 Å². The highest BCUT2D eigenvalue weighted by Gasteiger charge is 2.13. The monoisotopic (exact) mass is 325 g/mol. The van der Waals surface area contributed by atoms with Crippen molar-refractivity contribution in [3.05, 3.63) is 63.0 Å². The third-order valence-electron chi connectivity index (χ3n) is 2.50. The van der Waals surface area contributed by atoms with Gasteiger partial charge >= 0.3 is 0 Å². The van der Waals surface area contributed by atoms with Crippen molar-refractivity contribution in [3.63, 3.8) is 0 Å². The van der Waals surface area contributed by atoms with Crippen LogP contribution in [0, 0.1) is 10.6 Å². The van der Waals surface area contributed by atoms with Crippen LogP contribution in [0.5, 0.6) is 0 Å². The van der Waals surface area contributed by atoms with Gasteiger partial charge in [0.05, 0.1) is 0 Å². The van der Waals surface area contributed by atoms with Crippen LogP contribution in [0.25, 0.3) is 0 Å². The molecule has 0 amide bonds. The summed E-state index contributed by atoms with van der Waals surface area (Å²) in [7, 11) is 0. The number of aliphatic hydroxyl groups is 1. The highest BCUT2D eigenvalue weighted by atomic mass is 127. The molecule has 3 heteroatoms. The Labute approximate surface area is 108 Å². The number of aromatic nitrogens is 1. The molecular formula is C13H12INO. The summed E-state index contributed by atoms with van der Waals surface area (Å²) in [5.41, 5.74) is 2.64. The van der Waals surface area contributed by atoms with Crippen LogP contribution in [0.2, 0.25) is 0 Å². The average molecular weight is 325 g/mol. The van der Waals surface area contributed by atoms with Crippen LogP contribution in [-0.4, -0.2) is 10.1 Å². The molecule has 1 atom stereocenters. The van der Waals surface area contributed by atoms with Gasteiger partial charge in [0.25, 0.3) is 0 Å². The van der Waals surface area contributed by atoms with Gasteiger partial charge in [0.2, 0.25) is 0 Å². The van der Waals surface area contributed by atoms with E-state index in [1.54, 1.807) is 0 Å². The zero-order valence-electron chi connectivity index (χ0n) is 8.89. The zero-order chi connectivity index (χ0) is 11.5. The Morgan fingerprint density at radius 1 is 1.12 bits per heavy atom. The van der Waals surface area contributed by atoms with Crippen molar-refractivity contribution in [2.75, 3.05) is 0 Å². The number of rotatable bonds is 2. The fraction of sp³-hybridized carbons (Fsp3) is 0.154. The minimum Gasteiger partial charge on any atom is -0.384 e. The molecule has 0 aliphatic rings. The lowest BCUT2D eigenvalue weighted by molar-refractivity contribution is 0.219. The fourth-order valence-corrected chi connectivity index (χ4v) is 2.19. The Bertz CT molecular complexity index is 485. The van der Waals surface area contributed by atoms with Gasteiger partial charge in [0.15, 0.2) is 0 Å². The third-order valence-corrected chi connectivity index (χ3v) is 3.10. The zero-order valence-corrected chi connectivity index (χ0v) is 11.0. The number of nitrogens with zero attached hydrogens (tertiary/aromatic N) is 1. The first-order valence-corrected chi connectivity index (χ1v) is 6.12. The predicted octanol–water partition coefficient (Wildman–Crippen LogP) is 3.08. The minimum atomic E-state index is -0.592. The number of aliphatic hydroxyl groups excluding tert-OH is 1. The first kappa shape index (κ1) is 11.5. The Balaban J connectivity index is 2.38. The molecule has 1 aromatic heterocycles. The SMILES string of the molecule is Cc1nc(I)ccc1[C@@H](O)c1ccccc1. The van der Waals surface area contributed by atoms with Crippen LogP contribution < -0.4 is 0 Å². The molecule has 16 heavy (non-hydrogen) atoms. The van der Waals surface area contributed by atoms with E-state index < -0.39 is 6.10 Å². The lowest BCUT2D eigenvalue weighted by Crippen LogP contribution is -2.03. The van der Waals surface area contributed by atoms with Gasteiger partial charge in [-0.05, 0) is 41.1 Å². The summed E-state index contributed by atoms with van der Waals surface area (Å²) in [5, 5.41) is 10.2. The van der Waals surface area contributed by atoms with Crippen LogP contribution in [0.1, 0.15) is 22.9 Å². The highest BCUT2D eigenvalue weighted by molar-refractivity contribution is 14.1. The summed E-state index contributed by atoms with van der Waals surface area (Å²) >= 11 is 2.17. The molecule has 2 nitrogen and oxygen atoms in total. The number of aryl methyl sites for hydroxylation is 1. The van der Waals surface area contributed by atoms with Gasteiger partial charge in [-0.3, -0.25) is 0 Å². The standard InChI is InChI=1S/C13H12INO/c1-9-11(7-8-12(14)15-9)13(16)10-5-3-2-4-6-10/h2-8,13,16H,1H3/t13-/m0/s1. The van der Waals surface area contributed by atoms with Gasteiger partial charge < -0.3 is 5.11 Å². The van der Waals surface area contributed by atoms with Gasteiger partial charge in [0, 0.05) is 11.3 Å². The van der Waals surface area contributed by atoms with E-state index >= 15 is 0 Å². The van der Waals surface area contributed by atoms with Crippen LogP contribution in [-0.2, 0) is 0 Å². The molecule has 0 aliphatic carbocycles. The van der Waals surface area contributed by atoms with Crippen LogP contribution in [0.4, 0.5) is 0 Å². The molecule has 0 unspecified atom stereocenters. The van der Waals surface area contributed by atoms with Crippen molar-refractivity contribution >= 4 is 22.6 Å². The predicted molar refractivity (Wildman–Crippen MR) is 72.2 cm³/mol. The summed E-state index contributed by atoms with van der Waals surface area (Å²) in [6.07, 6.45) is -0.592. The summed E-state index contributed by atoms with van der Waals surface area (Å²) in [5.74, 6) is 0. The number of pyridine rings is 1. The van der Waals surface area contributed by atoms with E-state index in [0.717, 1.165) is 20.5 Å². The maximum Gasteiger partial charge on any atom is 0.106 e. The first-order chi connectivity index (χ1) is 7.68. The van der Waals surface area contributed by atoms with Crippen molar-refractivity contribution in [3.8, 4) is 0 Å². The van der Waals surface area contributed by atoms with E-state index in [-0.39, 0.29) is 0 Å². The molecule has 1 aromatic carbocycles. The number of hydrogen-bond donors (Lipinski definition) is 1. The summed E-state index contributed by atoms with van der Waals surface area (Å²) in [6, 6.07) is 13.5. The largest absolute Gasteiger partial charge is 0.384 e. The molecule has 0 saturated heterocycles. The summed E-state index contributed by atoms with van der Waals surface area (Å²) in [4.78, 5) is 4.35. The highest BCUT2D eigenvalue weighted by Crippen LogP contribution is 2.23. The quantitative estimate of drug-likeness (QED) is 0.680. The molecule has 0 saturated carbocycles. The molecule has 2 rings (SSSR count). The van der Waals surface area contributed by atoms with E-state index in [1.807, 2.05) is 49.4 Å². The van der Waals surface area contributed by atoms with Crippen molar-refractivity contribution in [1.82, 2.24) is 4.98 Å². The lowest BCUT2D eigenvalue weighted by Gasteiger charge is -2.13. The van der Waals surface area contributed by atoms with Gasteiger partial charge in [-0.15, -0.1) is 0 Å². The number of benzene rings is 1. The van der Waals surface area contributed by atoms with Gasteiger partial charge in [-0.2, -0.15) is 0 Å². The molecule has 0 radical (unpaired) electrons.